The van der Waals surface area contributed by atoms with Crippen LogP contribution in [-0.4, -0.2) is 24.5 Å². The van der Waals surface area contributed by atoms with Gasteiger partial charge in [-0.05, 0) is 36.6 Å². The first-order valence-electron chi connectivity index (χ1n) is 9.01. The zero-order valence-corrected chi connectivity index (χ0v) is 15.8. The molecule has 0 spiro atoms. The third kappa shape index (κ3) is 5.81. The normalized spacial score (nSPS) is 11.7. The number of hydrogen-bond acceptors (Lipinski definition) is 3. The number of benzene rings is 2. The van der Waals surface area contributed by atoms with Crippen molar-refractivity contribution in [2.24, 2.45) is 5.92 Å². The maximum Gasteiger partial charge on any atom is 0.265 e. The van der Waals surface area contributed by atoms with Gasteiger partial charge in [-0.2, -0.15) is 0 Å². The Bertz CT molecular complexity index is 793. The molecule has 2 amide bonds. The third-order valence-electron chi connectivity index (χ3n) is 3.87. The number of amides is 2. The van der Waals surface area contributed by atoms with Crippen LogP contribution >= 0.6 is 0 Å². The molecule has 6 heteroatoms. The van der Waals surface area contributed by atoms with Gasteiger partial charge in [-0.3, -0.25) is 9.59 Å². The zero-order valence-electron chi connectivity index (χ0n) is 15.8. The SMILES string of the molecule is CCC(Oc1ccccc1F)C(=O)Nc1ccccc1C(=O)NCC(C)C. The van der Waals surface area contributed by atoms with Crippen molar-refractivity contribution in [3.05, 3.63) is 59.9 Å². The average molecular weight is 372 g/mol. The summed E-state index contributed by atoms with van der Waals surface area (Å²) in [7, 11) is 0. The Morgan fingerprint density at radius 3 is 2.41 bits per heavy atom. The van der Waals surface area contributed by atoms with Gasteiger partial charge < -0.3 is 15.4 Å². The van der Waals surface area contributed by atoms with E-state index in [1.807, 2.05) is 13.8 Å². The molecule has 2 aromatic rings. The van der Waals surface area contributed by atoms with E-state index < -0.39 is 17.8 Å². The molecule has 0 bridgehead atoms. The minimum atomic E-state index is -0.881. The predicted octanol–water partition coefficient (Wildman–Crippen LogP) is 4.01. The van der Waals surface area contributed by atoms with Crippen molar-refractivity contribution in [3.63, 3.8) is 0 Å². The minimum absolute atomic E-state index is 0.0162. The van der Waals surface area contributed by atoms with Crippen molar-refractivity contribution in [3.8, 4) is 5.75 Å². The second kappa shape index (κ2) is 9.71. The predicted molar refractivity (Wildman–Crippen MR) is 103 cm³/mol. The third-order valence-corrected chi connectivity index (χ3v) is 3.87. The van der Waals surface area contributed by atoms with Gasteiger partial charge in [0.05, 0.1) is 11.3 Å². The molecule has 0 aliphatic carbocycles. The fourth-order valence-electron chi connectivity index (χ4n) is 2.41. The number of hydrogen-bond donors (Lipinski definition) is 2. The molecule has 27 heavy (non-hydrogen) atoms. The van der Waals surface area contributed by atoms with Crippen LogP contribution < -0.4 is 15.4 Å². The summed E-state index contributed by atoms with van der Waals surface area (Å²) in [4.78, 5) is 25.0. The first-order valence-corrected chi connectivity index (χ1v) is 9.01. The highest BCUT2D eigenvalue weighted by Gasteiger charge is 2.22. The van der Waals surface area contributed by atoms with Crippen molar-refractivity contribution >= 4 is 17.5 Å². The van der Waals surface area contributed by atoms with Crippen LogP contribution in [0.1, 0.15) is 37.6 Å². The molecule has 0 fully saturated rings. The maximum atomic E-state index is 13.8. The topological polar surface area (TPSA) is 67.4 Å². The lowest BCUT2D eigenvalue weighted by Gasteiger charge is -2.19. The number of nitrogens with one attached hydrogen (secondary N) is 2. The van der Waals surface area contributed by atoms with Crippen molar-refractivity contribution in [1.29, 1.82) is 0 Å². The van der Waals surface area contributed by atoms with Crippen LogP contribution in [-0.2, 0) is 4.79 Å². The quantitative estimate of drug-likeness (QED) is 0.736. The van der Waals surface area contributed by atoms with Crippen LogP contribution in [0.5, 0.6) is 5.75 Å². The van der Waals surface area contributed by atoms with Gasteiger partial charge in [0.2, 0.25) is 0 Å². The summed E-state index contributed by atoms with van der Waals surface area (Å²) in [5, 5.41) is 5.55. The summed E-state index contributed by atoms with van der Waals surface area (Å²) in [5.74, 6) is -0.901. The lowest BCUT2D eigenvalue weighted by Crippen LogP contribution is -2.34. The van der Waals surface area contributed by atoms with E-state index in [1.165, 1.54) is 12.1 Å². The fraction of sp³-hybridized carbons (Fsp3) is 0.333. The minimum Gasteiger partial charge on any atom is -0.478 e. The highest BCUT2D eigenvalue weighted by molar-refractivity contribution is 6.04. The van der Waals surface area contributed by atoms with E-state index in [0.29, 0.717) is 30.1 Å². The Morgan fingerprint density at radius 2 is 1.74 bits per heavy atom. The summed E-state index contributed by atoms with van der Waals surface area (Å²) in [6, 6.07) is 12.7. The van der Waals surface area contributed by atoms with Gasteiger partial charge in [-0.15, -0.1) is 0 Å². The Labute approximate surface area is 158 Å². The van der Waals surface area contributed by atoms with Crippen molar-refractivity contribution in [2.75, 3.05) is 11.9 Å². The molecule has 144 valence electrons. The first kappa shape index (κ1) is 20.4. The van der Waals surface area contributed by atoms with E-state index in [-0.39, 0.29) is 11.7 Å². The van der Waals surface area contributed by atoms with E-state index in [1.54, 1.807) is 43.3 Å². The second-order valence-electron chi connectivity index (χ2n) is 6.58. The van der Waals surface area contributed by atoms with E-state index >= 15 is 0 Å². The van der Waals surface area contributed by atoms with Crippen LogP contribution in [0, 0.1) is 11.7 Å². The number of carbonyl (C=O) groups excluding carboxylic acids is 2. The van der Waals surface area contributed by atoms with Gasteiger partial charge in [-0.25, -0.2) is 4.39 Å². The van der Waals surface area contributed by atoms with Crippen molar-refractivity contribution in [2.45, 2.75) is 33.3 Å². The highest BCUT2D eigenvalue weighted by Crippen LogP contribution is 2.20. The largest absolute Gasteiger partial charge is 0.478 e. The van der Waals surface area contributed by atoms with Crippen molar-refractivity contribution in [1.82, 2.24) is 5.32 Å². The molecule has 0 heterocycles. The van der Waals surface area contributed by atoms with Gasteiger partial charge in [0.1, 0.15) is 0 Å². The summed E-state index contributed by atoms with van der Waals surface area (Å²) < 4.78 is 19.3. The molecule has 0 saturated carbocycles. The Morgan fingerprint density at radius 1 is 1.07 bits per heavy atom. The van der Waals surface area contributed by atoms with Gasteiger partial charge in [-0.1, -0.05) is 45.0 Å². The molecule has 5 nitrogen and oxygen atoms in total. The Balaban J connectivity index is 2.12. The molecule has 2 N–H and O–H groups in total. The number of rotatable bonds is 8. The summed E-state index contributed by atoms with van der Waals surface area (Å²) >= 11 is 0. The lowest BCUT2D eigenvalue weighted by atomic mass is 10.1. The summed E-state index contributed by atoms with van der Waals surface area (Å²) in [5.41, 5.74) is 0.756. The van der Waals surface area contributed by atoms with E-state index in [2.05, 4.69) is 10.6 Å². The van der Waals surface area contributed by atoms with Gasteiger partial charge in [0, 0.05) is 6.54 Å². The van der Waals surface area contributed by atoms with Gasteiger partial charge in [0.25, 0.3) is 11.8 Å². The lowest BCUT2D eigenvalue weighted by molar-refractivity contribution is -0.122. The monoisotopic (exact) mass is 372 g/mol. The molecule has 2 aromatic carbocycles. The van der Waals surface area contributed by atoms with E-state index in [9.17, 15) is 14.0 Å². The standard InChI is InChI=1S/C21H25FN2O3/c1-4-18(27-19-12-8-6-10-16(19)22)21(26)24-17-11-7-5-9-15(17)20(25)23-13-14(2)3/h5-12,14,18H,4,13H2,1-3H3,(H,23,25)(H,24,26). The highest BCUT2D eigenvalue weighted by atomic mass is 19.1. The molecule has 1 unspecified atom stereocenters. The zero-order chi connectivity index (χ0) is 19.8. The smallest absolute Gasteiger partial charge is 0.265 e. The van der Waals surface area contributed by atoms with Gasteiger partial charge >= 0.3 is 0 Å². The summed E-state index contributed by atoms with van der Waals surface area (Å²) in [6.07, 6.45) is -0.532. The molecule has 0 aromatic heterocycles. The Kier molecular flexibility index (Phi) is 7.34. The van der Waals surface area contributed by atoms with E-state index in [0.717, 1.165) is 0 Å². The molecule has 1 atom stereocenters. The number of anilines is 1. The molecule has 0 radical (unpaired) electrons. The first-order chi connectivity index (χ1) is 12.9. The van der Waals surface area contributed by atoms with Crippen LogP contribution in [0.15, 0.2) is 48.5 Å². The van der Waals surface area contributed by atoms with E-state index in [4.69, 9.17) is 4.74 Å². The second-order valence-corrected chi connectivity index (χ2v) is 6.58. The molecule has 0 aliphatic heterocycles. The number of para-hydroxylation sites is 2. The van der Waals surface area contributed by atoms with Crippen LogP contribution in [0.4, 0.5) is 10.1 Å². The maximum absolute atomic E-state index is 13.8. The number of carbonyl (C=O) groups is 2. The fourth-order valence-corrected chi connectivity index (χ4v) is 2.41. The van der Waals surface area contributed by atoms with Crippen LogP contribution in [0.25, 0.3) is 0 Å². The molecular weight excluding hydrogens is 347 g/mol. The molecule has 0 aliphatic rings. The average Bonchev–Trinajstić information content (AvgIpc) is 2.65. The molecule has 2 rings (SSSR count). The van der Waals surface area contributed by atoms with Crippen LogP contribution in [0.3, 0.4) is 0 Å². The molecule has 0 saturated heterocycles. The Hall–Kier alpha value is -2.89. The summed E-state index contributed by atoms with van der Waals surface area (Å²) in [6.45, 7) is 6.31. The number of ether oxygens (including phenoxy) is 1. The van der Waals surface area contributed by atoms with Gasteiger partial charge in [0.15, 0.2) is 17.7 Å². The van der Waals surface area contributed by atoms with Crippen molar-refractivity contribution < 1.29 is 18.7 Å². The number of halogens is 1. The molecular formula is C21H25FN2O3. The van der Waals surface area contributed by atoms with Crippen LogP contribution in [0.2, 0.25) is 0 Å².